The van der Waals surface area contributed by atoms with Crippen molar-refractivity contribution in [1.82, 2.24) is 23.7 Å². The van der Waals surface area contributed by atoms with Crippen molar-refractivity contribution in [3.05, 3.63) is 68.1 Å². The number of rotatable bonds is 3. The summed E-state index contributed by atoms with van der Waals surface area (Å²) in [6, 6.07) is 4.79. The molecular formula is C18H14F3N5O2S. The Labute approximate surface area is 165 Å². The molecule has 0 unspecified atom stereocenters. The van der Waals surface area contributed by atoms with E-state index in [9.17, 15) is 22.8 Å². The molecule has 1 aromatic carbocycles. The van der Waals surface area contributed by atoms with Crippen molar-refractivity contribution in [3.63, 3.8) is 0 Å². The van der Waals surface area contributed by atoms with Crippen LogP contribution in [-0.2, 0) is 26.8 Å². The second kappa shape index (κ2) is 6.69. The van der Waals surface area contributed by atoms with Crippen molar-refractivity contribution < 1.29 is 13.2 Å². The van der Waals surface area contributed by atoms with Crippen LogP contribution in [0, 0.1) is 0 Å². The first-order chi connectivity index (χ1) is 13.7. The van der Waals surface area contributed by atoms with Crippen molar-refractivity contribution in [3.8, 4) is 10.6 Å². The van der Waals surface area contributed by atoms with Gasteiger partial charge >= 0.3 is 11.9 Å². The standard InChI is InChI=1S/C18H14F3N5O2S/c1-24-14-13(16(27)25(2)17(24)28)26(9-22-14)7-12-8-29-15(23-12)10-3-5-11(6-4-10)18(19,20)21/h3-6,8-9H,7H2,1-2H3. The number of benzene rings is 1. The van der Waals surface area contributed by atoms with Crippen LogP contribution < -0.4 is 11.2 Å². The summed E-state index contributed by atoms with van der Waals surface area (Å²) < 4.78 is 42.0. The molecule has 3 aromatic heterocycles. The van der Waals surface area contributed by atoms with Crippen LogP contribution in [0.15, 0.2) is 45.6 Å². The molecule has 0 N–H and O–H groups in total. The summed E-state index contributed by atoms with van der Waals surface area (Å²) in [5.41, 5.74) is 0.104. The van der Waals surface area contributed by atoms with Gasteiger partial charge in [0.25, 0.3) is 5.56 Å². The Morgan fingerprint density at radius 1 is 1.07 bits per heavy atom. The van der Waals surface area contributed by atoms with Crippen LogP contribution in [-0.4, -0.2) is 23.7 Å². The van der Waals surface area contributed by atoms with E-state index in [1.54, 1.807) is 9.95 Å². The number of imidazole rings is 1. The molecule has 0 saturated heterocycles. The predicted octanol–water partition coefficient (Wildman–Crippen LogP) is 2.62. The van der Waals surface area contributed by atoms with E-state index in [4.69, 9.17) is 0 Å². The lowest BCUT2D eigenvalue weighted by Crippen LogP contribution is -2.37. The van der Waals surface area contributed by atoms with Gasteiger partial charge in [0.15, 0.2) is 11.2 Å². The van der Waals surface area contributed by atoms with Gasteiger partial charge in [-0.05, 0) is 12.1 Å². The van der Waals surface area contributed by atoms with E-state index in [2.05, 4.69) is 9.97 Å². The Balaban J connectivity index is 1.67. The van der Waals surface area contributed by atoms with Gasteiger partial charge in [-0.3, -0.25) is 13.9 Å². The van der Waals surface area contributed by atoms with Crippen molar-refractivity contribution in [2.45, 2.75) is 12.7 Å². The van der Waals surface area contributed by atoms with Crippen LogP contribution >= 0.6 is 11.3 Å². The molecule has 0 bridgehead atoms. The number of alkyl halides is 3. The Morgan fingerprint density at radius 3 is 2.41 bits per heavy atom. The topological polar surface area (TPSA) is 74.7 Å². The average Bonchev–Trinajstić information content (AvgIpc) is 3.32. The van der Waals surface area contributed by atoms with Gasteiger partial charge in [-0.1, -0.05) is 12.1 Å². The van der Waals surface area contributed by atoms with Crippen LogP contribution in [0.2, 0.25) is 0 Å². The van der Waals surface area contributed by atoms with Gasteiger partial charge in [0, 0.05) is 25.0 Å². The number of fused-ring (bicyclic) bond motifs is 1. The minimum Gasteiger partial charge on any atom is -0.319 e. The average molecular weight is 421 g/mol. The van der Waals surface area contributed by atoms with E-state index in [0.29, 0.717) is 16.3 Å². The zero-order valence-corrected chi connectivity index (χ0v) is 16.1. The van der Waals surface area contributed by atoms with E-state index >= 15 is 0 Å². The van der Waals surface area contributed by atoms with Crippen molar-refractivity contribution in [2.75, 3.05) is 0 Å². The van der Waals surface area contributed by atoms with Crippen LogP contribution in [0.3, 0.4) is 0 Å². The predicted molar refractivity (Wildman–Crippen MR) is 102 cm³/mol. The fraction of sp³-hybridized carbons (Fsp3) is 0.222. The summed E-state index contributed by atoms with van der Waals surface area (Å²) in [7, 11) is 2.93. The van der Waals surface area contributed by atoms with E-state index in [-0.39, 0.29) is 17.7 Å². The minimum atomic E-state index is -4.39. The summed E-state index contributed by atoms with van der Waals surface area (Å²) in [6.45, 7) is 0.237. The van der Waals surface area contributed by atoms with Crippen LogP contribution in [0.25, 0.3) is 21.7 Å². The summed E-state index contributed by atoms with van der Waals surface area (Å²) >= 11 is 1.29. The normalized spacial score (nSPS) is 12.0. The molecule has 150 valence electrons. The molecule has 0 radical (unpaired) electrons. The monoisotopic (exact) mass is 421 g/mol. The summed E-state index contributed by atoms with van der Waals surface area (Å²) in [6.07, 6.45) is -2.93. The molecule has 3 heterocycles. The van der Waals surface area contributed by atoms with Crippen LogP contribution in [0.4, 0.5) is 13.2 Å². The van der Waals surface area contributed by atoms with Crippen molar-refractivity contribution in [1.29, 1.82) is 0 Å². The maximum Gasteiger partial charge on any atom is 0.416 e. The number of halogens is 3. The van der Waals surface area contributed by atoms with Crippen LogP contribution in [0.1, 0.15) is 11.3 Å². The second-order valence-electron chi connectivity index (χ2n) is 6.47. The van der Waals surface area contributed by atoms with Crippen LogP contribution in [0.5, 0.6) is 0 Å². The molecule has 11 heteroatoms. The van der Waals surface area contributed by atoms with Gasteiger partial charge in [0.05, 0.1) is 24.1 Å². The molecule has 4 aromatic rings. The molecule has 0 aliphatic rings. The molecule has 0 aliphatic heterocycles. The molecule has 4 rings (SSSR count). The molecule has 29 heavy (non-hydrogen) atoms. The Hall–Kier alpha value is -3.21. The highest BCUT2D eigenvalue weighted by atomic mass is 32.1. The molecule has 0 atom stereocenters. The van der Waals surface area contributed by atoms with Gasteiger partial charge in [0.2, 0.25) is 0 Å². The van der Waals surface area contributed by atoms with Crippen molar-refractivity contribution >= 4 is 22.5 Å². The third kappa shape index (κ3) is 3.27. The number of aromatic nitrogens is 5. The Bertz CT molecular complexity index is 1330. The molecule has 0 fully saturated rings. The lowest BCUT2D eigenvalue weighted by Gasteiger charge is -2.06. The lowest BCUT2D eigenvalue weighted by molar-refractivity contribution is -0.137. The highest BCUT2D eigenvalue weighted by Crippen LogP contribution is 2.31. The van der Waals surface area contributed by atoms with E-state index < -0.39 is 23.0 Å². The number of hydrogen-bond donors (Lipinski definition) is 0. The van der Waals surface area contributed by atoms with E-state index in [1.165, 1.54) is 48.5 Å². The fourth-order valence-corrected chi connectivity index (χ4v) is 3.82. The van der Waals surface area contributed by atoms with E-state index in [1.807, 2.05) is 0 Å². The molecule has 0 amide bonds. The maximum atomic E-state index is 12.7. The molecule has 0 aliphatic carbocycles. The first-order valence-corrected chi connectivity index (χ1v) is 9.27. The zero-order valence-electron chi connectivity index (χ0n) is 15.3. The highest BCUT2D eigenvalue weighted by Gasteiger charge is 2.30. The minimum absolute atomic E-state index is 0.237. The van der Waals surface area contributed by atoms with Gasteiger partial charge in [-0.15, -0.1) is 11.3 Å². The number of hydrogen-bond acceptors (Lipinski definition) is 5. The van der Waals surface area contributed by atoms with Crippen molar-refractivity contribution in [2.24, 2.45) is 14.1 Å². The van der Waals surface area contributed by atoms with Gasteiger partial charge in [-0.25, -0.2) is 14.8 Å². The first kappa shape index (κ1) is 19.1. The zero-order chi connectivity index (χ0) is 20.9. The Morgan fingerprint density at radius 2 is 1.76 bits per heavy atom. The molecular weight excluding hydrogens is 407 g/mol. The largest absolute Gasteiger partial charge is 0.416 e. The summed E-state index contributed by atoms with van der Waals surface area (Å²) in [4.78, 5) is 33.1. The third-order valence-corrected chi connectivity index (χ3v) is 5.50. The second-order valence-corrected chi connectivity index (χ2v) is 7.33. The Kier molecular flexibility index (Phi) is 4.41. The summed E-state index contributed by atoms with van der Waals surface area (Å²) in [5.74, 6) is 0. The number of thiazole rings is 1. The lowest BCUT2D eigenvalue weighted by atomic mass is 10.1. The fourth-order valence-electron chi connectivity index (χ4n) is 3.01. The van der Waals surface area contributed by atoms with Gasteiger partial charge in [0.1, 0.15) is 5.01 Å². The molecule has 0 spiro atoms. The smallest absolute Gasteiger partial charge is 0.319 e. The number of aryl methyl sites for hydroxylation is 1. The summed E-state index contributed by atoms with van der Waals surface area (Å²) in [5, 5.41) is 2.34. The quantitative estimate of drug-likeness (QED) is 0.510. The van der Waals surface area contributed by atoms with Gasteiger partial charge < -0.3 is 4.57 Å². The maximum absolute atomic E-state index is 12.7. The first-order valence-electron chi connectivity index (χ1n) is 8.39. The number of nitrogens with zero attached hydrogens (tertiary/aromatic N) is 5. The van der Waals surface area contributed by atoms with E-state index in [0.717, 1.165) is 16.7 Å². The molecule has 7 nitrogen and oxygen atoms in total. The molecule has 0 saturated carbocycles. The SMILES string of the molecule is Cn1c(=O)c2c(ncn2Cc2csc(-c3ccc(C(F)(F)F)cc3)n2)n(C)c1=O. The van der Waals surface area contributed by atoms with Gasteiger partial charge in [-0.2, -0.15) is 13.2 Å². The third-order valence-electron chi connectivity index (χ3n) is 4.56. The highest BCUT2D eigenvalue weighted by molar-refractivity contribution is 7.13.